The molecule has 0 bridgehead atoms. The van der Waals surface area contributed by atoms with E-state index in [-0.39, 0.29) is 5.91 Å². The minimum atomic E-state index is -0.672. The Bertz CT molecular complexity index is 1180. The largest absolute Gasteiger partial charge is 0.366 e. The molecule has 1 atom stereocenters. The summed E-state index contributed by atoms with van der Waals surface area (Å²) in [4.78, 5) is 38.7. The fourth-order valence-electron chi connectivity index (χ4n) is 3.89. The Kier molecular flexibility index (Phi) is 6.35. The maximum Gasteiger partial charge on any atom is 0.319 e. The zero-order valence-corrected chi connectivity index (χ0v) is 17.8. The van der Waals surface area contributed by atoms with Crippen LogP contribution >= 0.6 is 0 Å². The third-order valence-corrected chi connectivity index (χ3v) is 5.53. The molecular weight excluding hydrogens is 423 g/mol. The lowest BCUT2D eigenvalue weighted by atomic mass is 9.98. The smallest absolute Gasteiger partial charge is 0.319 e. The van der Waals surface area contributed by atoms with Gasteiger partial charge < -0.3 is 21.3 Å². The van der Waals surface area contributed by atoms with Crippen LogP contribution in [0.5, 0.6) is 0 Å². The predicted octanol–water partition coefficient (Wildman–Crippen LogP) is 3.91. The number of primary amides is 1. The van der Waals surface area contributed by atoms with Crippen molar-refractivity contribution in [2.45, 2.75) is 18.9 Å². The van der Waals surface area contributed by atoms with Crippen molar-refractivity contribution in [3.05, 3.63) is 84.2 Å². The highest BCUT2D eigenvalue weighted by atomic mass is 19.1. The molecule has 1 aliphatic heterocycles. The Morgan fingerprint density at radius 3 is 2.36 bits per heavy atom. The highest BCUT2D eigenvalue weighted by molar-refractivity contribution is 6.02. The molecule has 8 heteroatoms. The van der Waals surface area contributed by atoms with E-state index in [1.807, 2.05) is 36.4 Å². The Labute approximate surface area is 190 Å². The second-order valence-corrected chi connectivity index (χ2v) is 7.75. The van der Waals surface area contributed by atoms with Crippen molar-refractivity contribution in [3.8, 4) is 11.1 Å². The molecule has 0 aromatic heterocycles. The van der Waals surface area contributed by atoms with Crippen LogP contribution in [0.1, 0.15) is 23.2 Å². The second-order valence-electron chi connectivity index (χ2n) is 7.75. The summed E-state index contributed by atoms with van der Waals surface area (Å²) >= 11 is 0. The first-order valence-corrected chi connectivity index (χ1v) is 10.6. The minimum absolute atomic E-state index is 0.208. The zero-order valence-electron chi connectivity index (χ0n) is 17.8. The van der Waals surface area contributed by atoms with Crippen LogP contribution in [0.3, 0.4) is 0 Å². The molecule has 0 saturated carbocycles. The topological polar surface area (TPSA) is 105 Å². The lowest BCUT2D eigenvalue weighted by Crippen LogP contribution is -2.53. The molecule has 3 aromatic rings. The first-order valence-electron chi connectivity index (χ1n) is 10.6. The van der Waals surface area contributed by atoms with Crippen molar-refractivity contribution < 1.29 is 18.8 Å². The SMILES string of the molecule is NC(=O)c1ccccc1-c1ccc(N2CCC[C@@H](NC(=O)Nc3ccc(F)cc3)C2=O)cc1. The van der Waals surface area contributed by atoms with Gasteiger partial charge in [0.25, 0.3) is 0 Å². The van der Waals surface area contributed by atoms with Crippen LogP contribution in [0.25, 0.3) is 11.1 Å². The van der Waals surface area contributed by atoms with Gasteiger partial charge in [-0.05, 0) is 66.4 Å². The van der Waals surface area contributed by atoms with E-state index in [1.165, 1.54) is 24.3 Å². The normalized spacial score (nSPS) is 15.7. The Morgan fingerprint density at radius 1 is 0.970 bits per heavy atom. The van der Waals surface area contributed by atoms with E-state index in [1.54, 1.807) is 17.0 Å². The number of anilines is 2. The van der Waals surface area contributed by atoms with E-state index in [2.05, 4.69) is 10.6 Å². The molecule has 4 amide bonds. The maximum atomic E-state index is 13.0. The van der Waals surface area contributed by atoms with Gasteiger partial charge in [-0.2, -0.15) is 0 Å². The lowest BCUT2D eigenvalue weighted by Gasteiger charge is -2.32. The van der Waals surface area contributed by atoms with E-state index in [4.69, 9.17) is 5.73 Å². The third-order valence-electron chi connectivity index (χ3n) is 5.53. The van der Waals surface area contributed by atoms with Crippen LogP contribution in [-0.4, -0.2) is 30.4 Å². The highest BCUT2D eigenvalue weighted by Crippen LogP contribution is 2.28. The average molecular weight is 446 g/mol. The average Bonchev–Trinajstić information content (AvgIpc) is 2.82. The Morgan fingerprint density at radius 2 is 1.67 bits per heavy atom. The van der Waals surface area contributed by atoms with E-state index in [9.17, 15) is 18.8 Å². The molecule has 1 fully saturated rings. The highest BCUT2D eigenvalue weighted by Gasteiger charge is 2.31. The quantitative estimate of drug-likeness (QED) is 0.553. The van der Waals surface area contributed by atoms with Crippen LogP contribution in [-0.2, 0) is 4.79 Å². The number of nitrogens with zero attached hydrogens (tertiary/aromatic N) is 1. The van der Waals surface area contributed by atoms with Crippen molar-refractivity contribution in [1.29, 1.82) is 0 Å². The summed E-state index contributed by atoms with van der Waals surface area (Å²) < 4.78 is 13.0. The molecular formula is C25H23FN4O3. The van der Waals surface area contributed by atoms with Crippen molar-refractivity contribution in [1.82, 2.24) is 5.32 Å². The van der Waals surface area contributed by atoms with Gasteiger partial charge in [0.1, 0.15) is 11.9 Å². The van der Waals surface area contributed by atoms with Crippen molar-refractivity contribution in [2.75, 3.05) is 16.8 Å². The zero-order chi connectivity index (χ0) is 23.4. The summed E-state index contributed by atoms with van der Waals surface area (Å²) in [5.74, 6) is -1.11. The summed E-state index contributed by atoms with van der Waals surface area (Å²) in [6, 6.07) is 18.6. The summed E-state index contributed by atoms with van der Waals surface area (Å²) in [6.07, 6.45) is 1.25. The third kappa shape index (κ3) is 5.01. The molecule has 1 aliphatic rings. The monoisotopic (exact) mass is 446 g/mol. The van der Waals surface area contributed by atoms with Crippen LogP contribution in [0.4, 0.5) is 20.6 Å². The number of piperidine rings is 1. The number of hydrogen-bond acceptors (Lipinski definition) is 3. The fourth-order valence-corrected chi connectivity index (χ4v) is 3.89. The molecule has 4 N–H and O–H groups in total. The van der Waals surface area contributed by atoms with Crippen molar-refractivity contribution >= 4 is 29.2 Å². The van der Waals surface area contributed by atoms with Gasteiger partial charge in [-0.1, -0.05) is 30.3 Å². The van der Waals surface area contributed by atoms with Gasteiger partial charge >= 0.3 is 6.03 Å². The molecule has 3 aromatic carbocycles. The first-order chi connectivity index (χ1) is 15.9. The van der Waals surface area contributed by atoms with Gasteiger partial charge in [0.05, 0.1) is 0 Å². The predicted molar refractivity (Wildman–Crippen MR) is 124 cm³/mol. The molecule has 4 rings (SSSR count). The molecule has 0 radical (unpaired) electrons. The van der Waals surface area contributed by atoms with E-state index < -0.39 is 23.8 Å². The number of carbonyl (C=O) groups excluding carboxylic acids is 3. The lowest BCUT2D eigenvalue weighted by molar-refractivity contribution is -0.121. The van der Waals surface area contributed by atoms with Crippen molar-refractivity contribution in [3.63, 3.8) is 0 Å². The van der Waals surface area contributed by atoms with Crippen molar-refractivity contribution in [2.24, 2.45) is 5.73 Å². The molecule has 1 saturated heterocycles. The molecule has 168 valence electrons. The van der Waals surface area contributed by atoms with Crippen LogP contribution in [0, 0.1) is 5.82 Å². The van der Waals surface area contributed by atoms with Crippen LogP contribution in [0.15, 0.2) is 72.8 Å². The van der Waals surface area contributed by atoms with Crippen LogP contribution in [0.2, 0.25) is 0 Å². The van der Waals surface area contributed by atoms with Gasteiger partial charge in [-0.25, -0.2) is 9.18 Å². The standard InChI is InChI=1S/C25H23FN4O3/c26-17-9-11-18(12-10-17)28-25(33)29-22-6-3-15-30(24(22)32)19-13-7-16(8-14-19)20-4-1-2-5-21(20)23(27)31/h1-2,4-5,7-14,22H,3,6,15H2,(H2,27,31)(H2,28,29,33)/t22-/m1/s1. The fraction of sp³-hybridized carbons (Fsp3) is 0.160. The number of nitrogens with one attached hydrogen (secondary N) is 2. The molecule has 33 heavy (non-hydrogen) atoms. The van der Waals surface area contributed by atoms with Gasteiger partial charge in [0.2, 0.25) is 11.8 Å². The number of carbonyl (C=O) groups is 3. The summed E-state index contributed by atoms with van der Waals surface area (Å²) in [6.45, 7) is 0.536. The number of hydrogen-bond donors (Lipinski definition) is 3. The van der Waals surface area contributed by atoms with Gasteiger partial charge in [-0.3, -0.25) is 9.59 Å². The molecule has 0 unspecified atom stereocenters. The minimum Gasteiger partial charge on any atom is -0.366 e. The van der Waals surface area contributed by atoms with Gasteiger partial charge in [0, 0.05) is 23.5 Å². The van der Waals surface area contributed by atoms with E-state index in [0.29, 0.717) is 29.9 Å². The number of halogens is 1. The maximum absolute atomic E-state index is 13.0. The number of amides is 4. The van der Waals surface area contributed by atoms with E-state index in [0.717, 1.165) is 17.5 Å². The Hall–Kier alpha value is -4.20. The molecule has 0 aliphatic carbocycles. The van der Waals surface area contributed by atoms with Gasteiger partial charge in [0.15, 0.2) is 0 Å². The van der Waals surface area contributed by atoms with Crippen LogP contribution < -0.4 is 21.3 Å². The number of benzene rings is 3. The second kappa shape index (κ2) is 9.52. The molecule has 1 heterocycles. The Balaban J connectivity index is 1.45. The van der Waals surface area contributed by atoms with E-state index >= 15 is 0 Å². The number of urea groups is 1. The van der Waals surface area contributed by atoms with Gasteiger partial charge in [-0.15, -0.1) is 0 Å². The molecule has 7 nitrogen and oxygen atoms in total. The summed E-state index contributed by atoms with van der Waals surface area (Å²) in [7, 11) is 0. The summed E-state index contributed by atoms with van der Waals surface area (Å²) in [5, 5.41) is 5.31. The summed E-state index contributed by atoms with van der Waals surface area (Å²) in [5.41, 5.74) is 8.57. The molecule has 0 spiro atoms. The first kappa shape index (κ1) is 22.0. The number of nitrogens with two attached hydrogens (primary N) is 1. The number of rotatable bonds is 5.